The van der Waals surface area contributed by atoms with Gasteiger partial charge in [0.15, 0.2) is 0 Å². The maximum atomic E-state index is 10.5. The molecule has 1 aromatic carbocycles. The lowest BCUT2D eigenvalue weighted by atomic mass is 10.2. The fourth-order valence-electron chi connectivity index (χ4n) is 1.18. The van der Waals surface area contributed by atoms with Gasteiger partial charge in [0.05, 0.1) is 18.0 Å². The molecule has 5 nitrogen and oxygen atoms in total. The summed E-state index contributed by atoms with van der Waals surface area (Å²) < 4.78 is 0. The van der Waals surface area contributed by atoms with Gasteiger partial charge in [0.2, 0.25) is 0 Å². The number of anilines is 1. The molecule has 0 radical (unpaired) electrons. The van der Waals surface area contributed by atoms with Crippen molar-refractivity contribution in [2.75, 3.05) is 18.4 Å². The molecule has 0 aliphatic rings. The summed E-state index contributed by atoms with van der Waals surface area (Å²) in [6.45, 7) is 3.41. The number of aryl methyl sites for hydroxylation is 1. The lowest BCUT2D eigenvalue weighted by Gasteiger charge is -2.06. The van der Waals surface area contributed by atoms with E-state index in [1.807, 2.05) is 6.92 Å². The van der Waals surface area contributed by atoms with Gasteiger partial charge in [-0.2, -0.15) is 0 Å². The Hall–Kier alpha value is -1.62. The van der Waals surface area contributed by atoms with E-state index < -0.39 is 4.92 Å². The zero-order chi connectivity index (χ0) is 10.6. The van der Waals surface area contributed by atoms with Crippen LogP contribution in [0.1, 0.15) is 5.56 Å². The molecule has 0 saturated carbocycles. The molecule has 14 heavy (non-hydrogen) atoms. The number of nitrogens with one attached hydrogen (secondary N) is 1. The molecule has 0 saturated heterocycles. The van der Waals surface area contributed by atoms with Gasteiger partial charge in [0, 0.05) is 17.8 Å². The molecule has 5 heteroatoms. The highest BCUT2D eigenvalue weighted by atomic mass is 16.6. The molecule has 1 aromatic rings. The summed E-state index contributed by atoms with van der Waals surface area (Å²) in [5.41, 5.74) is 5.64. The van der Waals surface area contributed by atoms with E-state index in [1.54, 1.807) is 12.1 Å². The lowest BCUT2D eigenvalue weighted by molar-refractivity contribution is -0.384. The van der Waals surface area contributed by atoms with E-state index in [9.17, 15) is 10.1 Å². The molecule has 0 aromatic heterocycles. The van der Waals surface area contributed by atoms with Gasteiger partial charge in [-0.05, 0) is 18.6 Å². The van der Waals surface area contributed by atoms with E-state index in [-0.39, 0.29) is 5.69 Å². The monoisotopic (exact) mass is 196 g/mol. The standard InChI is InChI=1S/C9H13N3O2/c1-7-6-8(12(13)14)2-3-9(7)11-5-4-10/h2-3,6,11H,4-5,10H2,1H3/p+1. The topological polar surface area (TPSA) is 82.8 Å². The zero-order valence-electron chi connectivity index (χ0n) is 8.12. The van der Waals surface area contributed by atoms with E-state index >= 15 is 0 Å². The summed E-state index contributed by atoms with van der Waals surface area (Å²) in [7, 11) is 0. The summed E-state index contributed by atoms with van der Waals surface area (Å²) in [6, 6.07) is 4.78. The average molecular weight is 196 g/mol. The van der Waals surface area contributed by atoms with Gasteiger partial charge < -0.3 is 11.1 Å². The third-order valence-electron chi connectivity index (χ3n) is 1.91. The van der Waals surface area contributed by atoms with Crippen LogP contribution in [-0.4, -0.2) is 18.0 Å². The summed E-state index contributed by atoms with van der Waals surface area (Å²) in [4.78, 5) is 10.1. The van der Waals surface area contributed by atoms with Crippen molar-refractivity contribution < 1.29 is 10.7 Å². The second-order valence-electron chi connectivity index (χ2n) is 3.04. The summed E-state index contributed by atoms with van der Waals surface area (Å²) in [6.07, 6.45) is 0. The maximum absolute atomic E-state index is 10.5. The van der Waals surface area contributed by atoms with Crippen molar-refractivity contribution in [2.24, 2.45) is 0 Å². The van der Waals surface area contributed by atoms with Crippen molar-refractivity contribution in [2.45, 2.75) is 6.92 Å². The molecular formula is C9H14N3O2+. The highest BCUT2D eigenvalue weighted by Crippen LogP contribution is 2.20. The molecule has 76 valence electrons. The number of hydrogen-bond acceptors (Lipinski definition) is 3. The Morgan fingerprint density at radius 1 is 1.57 bits per heavy atom. The number of benzene rings is 1. The number of non-ortho nitro benzene ring substituents is 1. The molecule has 4 N–H and O–H groups in total. The van der Waals surface area contributed by atoms with Gasteiger partial charge in [-0.25, -0.2) is 0 Å². The van der Waals surface area contributed by atoms with E-state index in [1.165, 1.54) is 6.07 Å². The first-order valence-electron chi connectivity index (χ1n) is 4.43. The second kappa shape index (κ2) is 4.57. The molecule has 0 aliphatic heterocycles. The number of hydrogen-bond donors (Lipinski definition) is 2. The van der Waals surface area contributed by atoms with E-state index in [2.05, 4.69) is 11.1 Å². The Balaban J connectivity index is 2.84. The van der Waals surface area contributed by atoms with Crippen molar-refractivity contribution >= 4 is 11.4 Å². The molecular weight excluding hydrogens is 182 g/mol. The number of nitro groups is 1. The van der Waals surface area contributed by atoms with Crippen LogP contribution in [0.25, 0.3) is 0 Å². The van der Waals surface area contributed by atoms with Gasteiger partial charge in [0.1, 0.15) is 0 Å². The van der Waals surface area contributed by atoms with Crippen LogP contribution in [0.3, 0.4) is 0 Å². The van der Waals surface area contributed by atoms with Gasteiger partial charge >= 0.3 is 0 Å². The van der Waals surface area contributed by atoms with Crippen LogP contribution in [0.15, 0.2) is 18.2 Å². The Morgan fingerprint density at radius 3 is 2.79 bits per heavy atom. The van der Waals surface area contributed by atoms with Crippen molar-refractivity contribution in [3.05, 3.63) is 33.9 Å². The van der Waals surface area contributed by atoms with Gasteiger partial charge in [-0.3, -0.25) is 10.1 Å². The first-order chi connectivity index (χ1) is 6.65. The molecule has 0 amide bonds. The van der Waals surface area contributed by atoms with Crippen molar-refractivity contribution in [3.8, 4) is 0 Å². The molecule has 0 unspecified atom stereocenters. The first kappa shape index (κ1) is 10.5. The second-order valence-corrected chi connectivity index (χ2v) is 3.04. The highest BCUT2D eigenvalue weighted by molar-refractivity contribution is 5.55. The predicted molar refractivity (Wildman–Crippen MR) is 54.1 cm³/mol. The summed E-state index contributed by atoms with van der Waals surface area (Å²) in [5.74, 6) is 0. The molecule has 0 spiro atoms. The Bertz CT molecular complexity index is 339. The van der Waals surface area contributed by atoms with Crippen LogP contribution in [-0.2, 0) is 0 Å². The minimum Gasteiger partial charge on any atom is -0.379 e. The Labute approximate surface area is 82.1 Å². The number of rotatable bonds is 4. The first-order valence-corrected chi connectivity index (χ1v) is 4.43. The molecule has 0 aliphatic carbocycles. The van der Waals surface area contributed by atoms with Crippen molar-refractivity contribution in [1.29, 1.82) is 0 Å². The van der Waals surface area contributed by atoms with E-state index in [4.69, 9.17) is 0 Å². The van der Waals surface area contributed by atoms with Crippen LogP contribution in [0.2, 0.25) is 0 Å². The van der Waals surface area contributed by atoms with Crippen LogP contribution >= 0.6 is 0 Å². The molecule has 0 atom stereocenters. The van der Waals surface area contributed by atoms with Crippen molar-refractivity contribution in [1.82, 2.24) is 0 Å². The smallest absolute Gasteiger partial charge is 0.269 e. The number of nitrogens with zero attached hydrogens (tertiary/aromatic N) is 1. The molecule has 0 fully saturated rings. The van der Waals surface area contributed by atoms with E-state index in [0.29, 0.717) is 0 Å². The van der Waals surface area contributed by atoms with Crippen LogP contribution in [0, 0.1) is 17.0 Å². The Morgan fingerprint density at radius 2 is 2.29 bits per heavy atom. The van der Waals surface area contributed by atoms with Gasteiger partial charge in [0.25, 0.3) is 5.69 Å². The van der Waals surface area contributed by atoms with Crippen LogP contribution < -0.4 is 11.1 Å². The lowest BCUT2D eigenvalue weighted by Crippen LogP contribution is -2.53. The molecule has 0 heterocycles. The van der Waals surface area contributed by atoms with Crippen LogP contribution in [0.4, 0.5) is 11.4 Å². The quantitative estimate of drug-likeness (QED) is 0.545. The largest absolute Gasteiger partial charge is 0.379 e. The normalized spacial score (nSPS) is 9.86. The zero-order valence-corrected chi connectivity index (χ0v) is 8.12. The van der Waals surface area contributed by atoms with Gasteiger partial charge in [-0.15, -0.1) is 0 Å². The third kappa shape index (κ3) is 2.43. The molecule has 1 rings (SSSR count). The summed E-state index contributed by atoms with van der Waals surface area (Å²) >= 11 is 0. The van der Waals surface area contributed by atoms with Gasteiger partial charge in [-0.1, -0.05) is 0 Å². The minimum atomic E-state index is -0.391. The Kier molecular flexibility index (Phi) is 3.41. The third-order valence-corrected chi connectivity index (χ3v) is 1.91. The average Bonchev–Trinajstić information content (AvgIpc) is 2.15. The summed E-state index contributed by atoms with van der Waals surface area (Å²) in [5, 5.41) is 13.6. The predicted octanol–water partition coefficient (Wildman–Crippen LogP) is 0.557. The number of quaternary nitrogens is 1. The van der Waals surface area contributed by atoms with Crippen LogP contribution in [0.5, 0.6) is 0 Å². The molecule has 0 bridgehead atoms. The minimum absolute atomic E-state index is 0.127. The SMILES string of the molecule is Cc1cc([N+](=O)[O-])ccc1NCC[NH3+]. The maximum Gasteiger partial charge on any atom is 0.269 e. The fraction of sp³-hybridized carbons (Fsp3) is 0.333. The number of nitro benzene ring substituents is 1. The van der Waals surface area contributed by atoms with E-state index in [0.717, 1.165) is 24.3 Å². The van der Waals surface area contributed by atoms with Crippen molar-refractivity contribution in [3.63, 3.8) is 0 Å². The fourth-order valence-corrected chi connectivity index (χ4v) is 1.18. The highest BCUT2D eigenvalue weighted by Gasteiger charge is 2.07.